The third kappa shape index (κ3) is 1.45. The topological polar surface area (TPSA) is 48.1 Å². The molecule has 1 aliphatic carbocycles. The zero-order chi connectivity index (χ0) is 9.31. The highest BCUT2D eigenvalue weighted by molar-refractivity contribution is 5.35. The van der Waals surface area contributed by atoms with Crippen LogP contribution in [0.25, 0.3) is 0 Å². The van der Waals surface area contributed by atoms with E-state index in [0.29, 0.717) is 6.61 Å². The summed E-state index contributed by atoms with van der Waals surface area (Å²) in [6, 6.07) is 2.03. The number of rotatable bonds is 3. The van der Waals surface area contributed by atoms with Gasteiger partial charge in [0.2, 0.25) is 0 Å². The van der Waals surface area contributed by atoms with Crippen LogP contribution >= 0.6 is 0 Å². The zero-order valence-electron chi connectivity index (χ0n) is 7.79. The molecule has 2 N–H and O–H groups in total. The van der Waals surface area contributed by atoms with Crippen molar-refractivity contribution in [2.75, 3.05) is 6.61 Å². The van der Waals surface area contributed by atoms with Crippen LogP contribution in [0, 0.1) is 6.92 Å². The smallest absolute Gasteiger partial charge is 0.0776 e. The first-order valence-electron chi connectivity index (χ1n) is 4.51. The standard InChI is InChI=1S/C10H14N2O/c1-8-2-5-12-6-9(8)10(3-4-10)7-13-11/h2,5-6H,3-4,7,11H2,1H3. The first-order valence-corrected chi connectivity index (χ1v) is 4.51. The van der Waals surface area contributed by atoms with Gasteiger partial charge < -0.3 is 4.84 Å². The van der Waals surface area contributed by atoms with E-state index < -0.39 is 0 Å². The van der Waals surface area contributed by atoms with Gasteiger partial charge in [0.05, 0.1) is 6.61 Å². The number of pyridine rings is 1. The minimum absolute atomic E-state index is 0.174. The van der Waals surface area contributed by atoms with Crippen molar-refractivity contribution in [2.45, 2.75) is 25.2 Å². The minimum Gasteiger partial charge on any atom is -0.304 e. The van der Waals surface area contributed by atoms with E-state index in [0.717, 1.165) is 12.8 Å². The highest BCUT2D eigenvalue weighted by atomic mass is 16.6. The fourth-order valence-electron chi connectivity index (χ4n) is 1.82. The molecule has 0 aromatic carbocycles. The number of aromatic nitrogens is 1. The second-order valence-corrected chi connectivity index (χ2v) is 3.78. The number of hydrogen-bond donors (Lipinski definition) is 1. The number of aryl methyl sites for hydroxylation is 1. The third-order valence-electron chi connectivity index (χ3n) is 2.82. The molecule has 0 amide bonds. The molecule has 2 rings (SSSR count). The number of nitrogens with zero attached hydrogens (tertiary/aromatic N) is 1. The fraction of sp³-hybridized carbons (Fsp3) is 0.500. The quantitative estimate of drug-likeness (QED) is 0.710. The van der Waals surface area contributed by atoms with Gasteiger partial charge in [-0.25, -0.2) is 5.90 Å². The molecule has 0 aliphatic heterocycles. The summed E-state index contributed by atoms with van der Waals surface area (Å²) >= 11 is 0. The Hall–Kier alpha value is -0.930. The van der Waals surface area contributed by atoms with E-state index in [1.807, 2.05) is 18.5 Å². The van der Waals surface area contributed by atoms with Crippen molar-refractivity contribution in [1.29, 1.82) is 0 Å². The molecule has 0 atom stereocenters. The van der Waals surface area contributed by atoms with Crippen LogP contribution in [0.1, 0.15) is 24.0 Å². The van der Waals surface area contributed by atoms with Crippen molar-refractivity contribution in [2.24, 2.45) is 5.90 Å². The maximum atomic E-state index is 5.12. The van der Waals surface area contributed by atoms with Gasteiger partial charge >= 0.3 is 0 Å². The Labute approximate surface area is 77.9 Å². The van der Waals surface area contributed by atoms with Crippen LogP contribution in [0.15, 0.2) is 18.5 Å². The molecule has 1 heterocycles. The lowest BCUT2D eigenvalue weighted by Crippen LogP contribution is -2.19. The van der Waals surface area contributed by atoms with Gasteiger partial charge in [-0.1, -0.05) is 0 Å². The van der Waals surface area contributed by atoms with Crippen LogP contribution in [0.2, 0.25) is 0 Å². The Balaban J connectivity index is 2.30. The molecule has 3 heteroatoms. The van der Waals surface area contributed by atoms with Crippen molar-refractivity contribution in [1.82, 2.24) is 4.98 Å². The zero-order valence-corrected chi connectivity index (χ0v) is 7.79. The van der Waals surface area contributed by atoms with Crippen molar-refractivity contribution in [3.8, 4) is 0 Å². The molecule has 13 heavy (non-hydrogen) atoms. The molecule has 0 spiro atoms. The first kappa shape index (κ1) is 8.66. The second-order valence-electron chi connectivity index (χ2n) is 3.78. The monoisotopic (exact) mass is 178 g/mol. The maximum Gasteiger partial charge on any atom is 0.0776 e. The van der Waals surface area contributed by atoms with Crippen molar-refractivity contribution in [3.05, 3.63) is 29.6 Å². The summed E-state index contributed by atoms with van der Waals surface area (Å²) in [6.45, 7) is 2.72. The predicted molar refractivity (Wildman–Crippen MR) is 50.0 cm³/mol. The first-order chi connectivity index (χ1) is 6.28. The highest BCUT2D eigenvalue weighted by Crippen LogP contribution is 2.48. The lowest BCUT2D eigenvalue weighted by atomic mass is 9.95. The van der Waals surface area contributed by atoms with Gasteiger partial charge in [-0.3, -0.25) is 4.98 Å². The molecule has 1 aliphatic rings. The second kappa shape index (κ2) is 3.09. The Morgan fingerprint density at radius 3 is 2.92 bits per heavy atom. The summed E-state index contributed by atoms with van der Waals surface area (Å²) in [5.41, 5.74) is 2.75. The van der Waals surface area contributed by atoms with E-state index in [1.54, 1.807) is 0 Å². The fourth-order valence-corrected chi connectivity index (χ4v) is 1.82. The molecule has 0 radical (unpaired) electrons. The molecule has 1 aromatic rings. The third-order valence-corrected chi connectivity index (χ3v) is 2.82. The van der Waals surface area contributed by atoms with Crippen LogP contribution in [0.3, 0.4) is 0 Å². The lowest BCUT2D eigenvalue weighted by Gasteiger charge is -2.15. The minimum atomic E-state index is 0.174. The average Bonchev–Trinajstić information content (AvgIpc) is 2.87. The summed E-state index contributed by atoms with van der Waals surface area (Å²) in [6.07, 6.45) is 6.08. The molecule has 1 saturated carbocycles. The summed E-state index contributed by atoms with van der Waals surface area (Å²) in [4.78, 5) is 8.89. The molecule has 0 saturated heterocycles. The van der Waals surface area contributed by atoms with Crippen molar-refractivity contribution < 1.29 is 4.84 Å². The lowest BCUT2D eigenvalue weighted by molar-refractivity contribution is 0.116. The maximum absolute atomic E-state index is 5.12. The Morgan fingerprint density at radius 2 is 2.38 bits per heavy atom. The van der Waals surface area contributed by atoms with Crippen LogP contribution in [-0.2, 0) is 10.3 Å². The van der Waals surface area contributed by atoms with Crippen LogP contribution in [0.4, 0.5) is 0 Å². The van der Waals surface area contributed by atoms with Crippen LogP contribution < -0.4 is 5.90 Å². The molecule has 70 valence electrons. The van der Waals surface area contributed by atoms with Gasteiger partial charge in [-0.2, -0.15) is 0 Å². The summed E-state index contributed by atoms with van der Waals surface area (Å²) < 4.78 is 0. The van der Waals surface area contributed by atoms with Gasteiger partial charge in [-0.05, 0) is 37.0 Å². The molecule has 3 nitrogen and oxygen atoms in total. The van der Waals surface area contributed by atoms with E-state index >= 15 is 0 Å². The van der Waals surface area contributed by atoms with E-state index in [9.17, 15) is 0 Å². The van der Waals surface area contributed by atoms with E-state index in [2.05, 4.69) is 11.9 Å². The number of nitrogens with two attached hydrogens (primary N) is 1. The summed E-state index contributed by atoms with van der Waals surface area (Å²) in [5, 5.41) is 0. The summed E-state index contributed by atoms with van der Waals surface area (Å²) in [5.74, 6) is 5.12. The Bertz CT molecular complexity index is 308. The number of hydrogen-bond acceptors (Lipinski definition) is 3. The molecule has 1 fully saturated rings. The SMILES string of the molecule is Cc1ccncc1C1(CON)CC1. The van der Waals surface area contributed by atoms with Crippen LogP contribution in [-0.4, -0.2) is 11.6 Å². The Morgan fingerprint density at radius 1 is 1.62 bits per heavy atom. The Kier molecular flexibility index (Phi) is 2.06. The predicted octanol–water partition coefficient (Wildman–Crippen LogP) is 1.31. The van der Waals surface area contributed by atoms with Gasteiger partial charge in [-0.15, -0.1) is 0 Å². The van der Waals surface area contributed by atoms with Gasteiger partial charge in [0.1, 0.15) is 0 Å². The van der Waals surface area contributed by atoms with Gasteiger partial charge in [0.15, 0.2) is 0 Å². The molecule has 0 unspecified atom stereocenters. The normalized spacial score (nSPS) is 18.6. The van der Waals surface area contributed by atoms with E-state index in [4.69, 9.17) is 10.7 Å². The van der Waals surface area contributed by atoms with Crippen molar-refractivity contribution >= 4 is 0 Å². The van der Waals surface area contributed by atoms with Gasteiger partial charge in [0.25, 0.3) is 0 Å². The van der Waals surface area contributed by atoms with Gasteiger partial charge in [0, 0.05) is 17.8 Å². The molecule has 0 bridgehead atoms. The highest BCUT2D eigenvalue weighted by Gasteiger charge is 2.45. The average molecular weight is 178 g/mol. The summed E-state index contributed by atoms with van der Waals surface area (Å²) in [7, 11) is 0. The van der Waals surface area contributed by atoms with E-state index in [1.165, 1.54) is 11.1 Å². The molecular formula is C10H14N2O. The largest absolute Gasteiger partial charge is 0.304 e. The van der Waals surface area contributed by atoms with Crippen LogP contribution in [0.5, 0.6) is 0 Å². The molecular weight excluding hydrogens is 164 g/mol. The van der Waals surface area contributed by atoms with Crippen molar-refractivity contribution in [3.63, 3.8) is 0 Å². The molecule has 1 aromatic heterocycles. The van der Waals surface area contributed by atoms with E-state index in [-0.39, 0.29) is 5.41 Å².